The highest BCUT2D eigenvalue weighted by atomic mass is 32.2. The lowest BCUT2D eigenvalue weighted by molar-refractivity contribution is -0.113. The van der Waals surface area contributed by atoms with E-state index in [1.54, 1.807) is 16.4 Å². The van der Waals surface area contributed by atoms with Crippen LogP contribution in [-0.2, 0) is 18.4 Å². The number of carbonyl (C=O) groups is 1. The molecule has 2 aromatic carbocycles. The average Bonchev–Trinajstić information content (AvgIpc) is 2.99. The van der Waals surface area contributed by atoms with E-state index in [-0.39, 0.29) is 11.2 Å². The van der Waals surface area contributed by atoms with Gasteiger partial charge in [0.2, 0.25) is 5.91 Å². The number of benzene rings is 2. The van der Waals surface area contributed by atoms with Gasteiger partial charge in [0.25, 0.3) is 0 Å². The summed E-state index contributed by atoms with van der Waals surface area (Å²) in [7, 11) is 1.83. The van der Waals surface area contributed by atoms with Crippen LogP contribution in [-0.4, -0.2) is 28.0 Å². The molecule has 30 heavy (non-hydrogen) atoms. The number of nitrogens with one attached hydrogen (secondary N) is 1. The maximum Gasteiger partial charge on any atom is 0.235 e. The van der Waals surface area contributed by atoms with Crippen LogP contribution in [0.1, 0.15) is 34.4 Å². The molecule has 0 aliphatic carbocycles. The van der Waals surface area contributed by atoms with Crippen LogP contribution in [0, 0.1) is 6.92 Å². The van der Waals surface area contributed by atoms with Crippen LogP contribution in [0.25, 0.3) is 0 Å². The Kier molecular flexibility index (Phi) is 5.99. The van der Waals surface area contributed by atoms with Crippen LogP contribution in [0.5, 0.6) is 11.5 Å². The highest BCUT2D eigenvalue weighted by Crippen LogP contribution is 2.43. The first-order valence-electron chi connectivity index (χ1n) is 9.94. The zero-order chi connectivity index (χ0) is 21.1. The molecule has 156 valence electrons. The minimum absolute atomic E-state index is 0.0164. The van der Waals surface area contributed by atoms with Gasteiger partial charge in [-0.25, -0.2) is 0 Å². The number of fused-ring (bicyclic) bond motifs is 1. The predicted molar refractivity (Wildman–Crippen MR) is 119 cm³/mol. The predicted octanol–water partition coefficient (Wildman–Crippen LogP) is 4.48. The smallest absolute Gasteiger partial charge is 0.235 e. The number of rotatable bonds is 6. The van der Waals surface area contributed by atoms with Crippen LogP contribution in [0.15, 0.2) is 48.7 Å². The Morgan fingerprint density at radius 3 is 2.83 bits per heavy atom. The van der Waals surface area contributed by atoms with E-state index in [4.69, 9.17) is 9.47 Å². The largest absolute Gasteiger partial charge is 0.490 e. The molecule has 1 aliphatic rings. The van der Waals surface area contributed by atoms with E-state index in [1.807, 2.05) is 50.5 Å². The summed E-state index contributed by atoms with van der Waals surface area (Å²) >= 11 is 1.58. The second-order valence-electron chi connectivity index (χ2n) is 7.17. The number of amides is 1. The van der Waals surface area contributed by atoms with Crippen LogP contribution in [0.4, 0.5) is 5.82 Å². The van der Waals surface area contributed by atoms with Crippen molar-refractivity contribution in [3.63, 3.8) is 0 Å². The fourth-order valence-corrected chi connectivity index (χ4v) is 4.58. The topological polar surface area (TPSA) is 65.4 Å². The number of anilines is 1. The zero-order valence-corrected chi connectivity index (χ0v) is 18.2. The van der Waals surface area contributed by atoms with Crippen LogP contribution in [0.3, 0.4) is 0 Å². The number of hydrogen-bond donors (Lipinski definition) is 1. The molecule has 1 amide bonds. The van der Waals surface area contributed by atoms with Gasteiger partial charge >= 0.3 is 0 Å². The summed E-state index contributed by atoms with van der Waals surface area (Å²) < 4.78 is 13.7. The zero-order valence-electron chi connectivity index (χ0n) is 17.3. The Labute approximate surface area is 180 Å². The third-order valence-corrected chi connectivity index (χ3v) is 6.39. The lowest BCUT2D eigenvalue weighted by Gasteiger charge is -2.18. The molecule has 1 aromatic heterocycles. The van der Waals surface area contributed by atoms with Gasteiger partial charge in [0, 0.05) is 12.6 Å². The second-order valence-corrected chi connectivity index (χ2v) is 8.26. The van der Waals surface area contributed by atoms with Gasteiger partial charge in [-0.2, -0.15) is 5.10 Å². The van der Waals surface area contributed by atoms with E-state index >= 15 is 0 Å². The molecular weight excluding hydrogens is 398 g/mol. The Morgan fingerprint density at radius 2 is 2.03 bits per heavy atom. The van der Waals surface area contributed by atoms with Gasteiger partial charge in [-0.05, 0) is 42.7 Å². The van der Waals surface area contributed by atoms with E-state index in [2.05, 4.69) is 29.5 Å². The standard InChI is InChI=1S/C23H25N3O3S/c1-4-28-20-11-16(9-10-19(20)29-13-17-8-6-5-7-15(17)2)22-18-12-24-26(3)23(18)25-21(27)14-30-22/h5-12,22H,4,13-14H2,1-3H3,(H,25,27)/t22-/m1/s1. The fraction of sp³-hybridized carbons (Fsp3) is 0.304. The molecule has 0 radical (unpaired) electrons. The number of hydrogen-bond acceptors (Lipinski definition) is 5. The van der Waals surface area contributed by atoms with Crippen molar-refractivity contribution < 1.29 is 14.3 Å². The lowest BCUT2D eigenvalue weighted by atomic mass is 10.1. The van der Waals surface area contributed by atoms with Crippen LogP contribution >= 0.6 is 11.8 Å². The van der Waals surface area contributed by atoms with Crippen molar-refractivity contribution in [2.45, 2.75) is 25.7 Å². The van der Waals surface area contributed by atoms with Crippen LogP contribution < -0.4 is 14.8 Å². The summed E-state index contributed by atoms with van der Waals surface area (Å²) in [5.74, 6) is 2.53. The Bertz CT molecular complexity index is 1060. The maximum atomic E-state index is 12.1. The molecule has 6 nitrogen and oxygen atoms in total. The molecule has 1 atom stereocenters. The summed E-state index contributed by atoms with van der Waals surface area (Å²) in [6, 6.07) is 14.2. The number of thioether (sulfide) groups is 1. The van der Waals surface area contributed by atoms with Crippen molar-refractivity contribution >= 4 is 23.5 Å². The van der Waals surface area contributed by atoms with Gasteiger partial charge in [-0.3, -0.25) is 9.48 Å². The third-order valence-electron chi connectivity index (χ3n) is 5.10. The van der Waals surface area contributed by atoms with Gasteiger partial charge in [0.1, 0.15) is 12.4 Å². The molecule has 7 heteroatoms. The fourth-order valence-electron chi connectivity index (χ4n) is 3.50. The number of nitrogens with zero attached hydrogens (tertiary/aromatic N) is 2. The first kappa shape index (κ1) is 20.3. The second kappa shape index (κ2) is 8.83. The van der Waals surface area contributed by atoms with Gasteiger partial charge < -0.3 is 14.8 Å². The minimum atomic E-state index is -0.0180. The van der Waals surface area contributed by atoms with Gasteiger partial charge in [-0.15, -0.1) is 11.8 Å². The SMILES string of the molecule is CCOc1cc([C@H]2SCC(=O)Nc3c2cnn3C)ccc1OCc1ccccc1C. The maximum absolute atomic E-state index is 12.1. The molecular formula is C23H25N3O3S. The summed E-state index contributed by atoms with van der Waals surface area (Å²) in [6.07, 6.45) is 1.82. The van der Waals surface area contributed by atoms with Gasteiger partial charge in [0.05, 0.1) is 23.8 Å². The summed E-state index contributed by atoms with van der Waals surface area (Å²) in [5.41, 5.74) is 4.39. The Morgan fingerprint density at radius 1 is 1.20 bits per heavy atom. The minimum Gasteiger partial charge on any atom is -0.490 e. The third kappa shape index (κ3) is 4.16. The average molecular weight is 424 g/mol. The Balaban J connectivity index is 1.63. The summed E-state index contributed by atoms with van der Waals surface area (Å²) in [6.45, 7) is 5.06. The molecule has 0 saturated carbocycles. The molecule has 1 aliphatic heterocycles. The first-order chi connectivity index (χ1) is 14.6. The van der Waals surface area contributed by atoms with Crippen molar-refractivity contribution in [3.8, 4) is 11.5 Å². The number of aryl methyl sites for hydroxylation is 2. The van der Waals surface area contributed by atoms with Gasteiger partial charge in [-0.1, -0.05) is 30.3 Å². The number of ether oxygens (including phenoxy) is 2. The summed E-state index contributed by atoms with van der Waals surface area (Å²) in [4.78, 5) is 12.1. The van der Waals surface area contributed by atoms with Crippen molar-refractivity contribution in [3.05, 3.63) is 70.9 Å². The molecule has 0 unspecified atom stereocenters. The highest BCUT2D eigenvalue weighted by molar-refractivity contribution is 8.00. The van der Waals surface area contributed by atoms with Crippen molar-refractivity contribution in [2.24, 2.45) is 7.05 Å². The molecule has 3 aromatic rings. The highest BCUT2D eigenvalue weighted by Gasteiger charge is 2.27. The van der Waals surface area contributed by atoms with E-state index in [0.29, 0.717) is 30.5 Å². The van der Waals surface area contributed by atoms with Crippen molar-refractivity contribution in [2.75, 3.05) is 17.7 Å². The van der Waals surface area contributed by atoms with E-state index in [9.17, 15) is 4.79 Å². The van der Waals surface area contributed by atoms with Crippen molar-refractivity contribution in [1.29, 1.82) is 0 Å². The molecule has 2 heterocycles. The van der Waals surface area contributed by atoms with E-state index < -0.39 is 0 Å². The molecule has 1 N–H and O–H groups in total. The van der Waals surface area contributed by atoms with E-state index in [0.717, 1.165) is 22.5 Å². The van der Waals surface area contributed by atoms with E-state index in [1.165, 1.54) is 5.56 Å². The Hall–Kier alpha value is -2.93. The molecule has 4 rings (SSSR count). The number of aromatic nitrogens is 2. The normalized spacial score (nSPS) is 15.8. The number of carbonyl (C=O) groups excluding carboxylic acids is 1. The quantitative estimate of drug-likeness (QED) is 0.633. The molecule has 0 fully saturated rings. The van der Waals surface area contributed by atoms with Crippen molar-refractivity contribution in [1.82, 2.24) is 9.78 Å². The molecule has 0 bridgehead atoms. The molecule has 0 spiro atoms. The first-order valence-corrected chi connectivity index (χ1v) is 11.0. The van der Waals surface area contributed by atoms with Crippen LogP contribution in [0.2, 0.25) is 0 Å². The summed E-state index contributed by atoms with van der Waals surface area (Å²) in [5, 5.41) is 7.26. The lowest BCUT2D eigenvalue weighted by Crippen LogP contribution is -2.15. The molecule has 0 saturated heterocycles. The monoisotopic (exact) mass is 423 g/mol. The van der Waals surface area contributed by atoms with Gasteiger partial charge in [0.15, 0.2) is 11.5 Å².